The molecule has 90 valence electrons. The predicted molar refractivity (Wildman–Crippen MR) is 63.2 cm³/mol. The van der Waals surface area contributed by atoms with Crippen molar-refractivity contribution in [2.75, 3.05) is 11.4 Å². The first kappa shape index (κ1) is 12.0. The van der Waals surface area contributed by atoms with E-state index in [0.717, 1.165) is 17.0 Å². The maximum absolute atomic E-state index is 12.4. The molecule has 0 atom stereocenters. The summed E-state index contributed by atoms with van der Waals surface area (Å²) in [5.41, 5.74) is -0.104. The van der Waals surface area contributed by atoms with Crippen LogP contribution in [0, 0.1) is 5.41 Å². The molecule has 6 heteroatoms. The maximum Gasteiger partial charge on any atom is 0.416 e. The van der Waals surface area contributed by atoms with Gasteiger partial charge >= 0.3 is 6.18 Å². The SMILES string of the molecule is C=C1CN(c2ccc(C(F)(F)F)cc2)C(=N)S1. The molecule has 1 aliphatic heterocycles. The van der Waals surface area contributed by atoms with E-state index in [-0.39, 0.29) is 5.17 Å². The van der Waals surface area contributed by atoms with Crippen LogP contribution in [0.5, 0.6) is 0 Å². The summed E-state index contributed by atoms with van der Waals surface area (Å²) in [6.45, 7) is 4.20. The van der Waals surface area contributed by atoms with Gasteiger partial charge in [-0.15, -0.1) is 0 Å². The van der Waals surface area contributed by atoms with Gasteiger partial charge in [0.05, 0.1) is 12.1 Å². The molecule has 1 N–H and O–H groups in total. The van der Waals surface area contributed by atoms with Gasteiger partial charge in [-0.3, -0.25) is 5.41 Å². The van der Waals surface area contributed by atoms with Crippen molar-refractivity contribution in [3.63, 3.8) is 0 Å². The van der Waals surface area contributed by atoms with Gasteiger partial charge in [0.1, 0.15) is 0 Å². The second-order valence-electron chi connectivity index (χ2n) is 3.58. The Hall–Kier alpha value is -1.43. The smallest absolute Gasteiger partial charge is 0.316 e. The molecule has 0 unspecified atom stereocenters. The molecule has 0 saturated carbocycles. The summed E-state index contributed by atoms with van der Waals surface area (Å²) in [6, 6.07) is 4.79. The molecular formula is C11H9F3N2S. The molecule has 1 heterocycles. The summed E-state index contributed by atoms with van der Waals surface area (Å²) in [7, 11) is 0. The van der Waals surface area contributed by atoms with Crippen molar-refractivity contribution < 1.29 is 13.2 Å². The first-order valence-electron chi connectivity index (χ1n) is 4.77. The normalized spacial score (nSPS) is 16.8. The van der Waals surface area contributed by atoms with Crippen LogP contribution in [0.25, 0.3) is 0 Å². The number of hydrogen-bond donors (Lipinski definition) is 1. The average molecular weight is 258 g/mol. The minimum absolute atomic E-state index is 0.287. The number of benzene rings is 1. The zero-order valence-corrected chi connectivity index (χ0v) is 9.53. The molecule has 2 nitrogen and oxygen atoms in total. The molecule has 1 fully saturated rings. The van der Waals surface area contributed by atoms with E-state index in [9.17, 15) is 13.2 Å². The third-order valence-corrected chi connectivity index (χ3v) is 3.16. The second-order valence-corrected chi connectivity index (χ2v) is 4.74. The molecule has 2 rings (SSSR count). The summed E-state index contributed by atoms with van der Waals surface area (Å²) in [5.74, 6) is 0. The lowest BCUT2D eigenvalue weighted by Gasteiger charge is -2.17. The van der Waals surface area contributed by atoms with E-state index >= 15 is 0 Å². The monoisotopic (exact) mass is 258 g/mol. The lowest BCUT2D eigenvalue weighted by Crippen LogP contribution is -2.22. The van der Waals surface area contributed by atoms with Gasteiger partial charge in [0.25, 0.3) is 0 Å². The molecule has 17 heavy (non-hydrogen) atoms. The zero-order chi connectivity index (χ0) is 12.6. The van der Waals surface area contributed by atoms with Crippen molar-refractivity contribution in [2.24, 2.45) is 0 Å². The molecule has 0 spiro atoms. The number of halogens is 3. The molecular weight excluding hydrogens is 249 g/mol. The molecule has 0 amide bonds. The van der Waals surface area contributed by atoms with Gasteiger partial charge in [0.2, 0.25) is 0 Å². The van der Waals surface area contributed by atoms with Crippen LogP contribution in [-0.4, -0.2) is 11.7 Å². The summed E-state index contributed by atoms with van der Waals surface area (Å²) < 4.78 is 37.1. The van der Waals surface area contributed by atoms with E-state index in [1.165, 1.54) is 23.9 Å². The maximum atomic E-state index is 12.4. The van der Waals surface area contributed by atoms with Crippen molar-refractivity contribution in [3.05, 3.63) is 41.3 Å². The fourth-order valence-electron chi connectivity index (χ4n) is 1.51. The van der Waals surface area contributed by atoms with Crippen molar-refractivity contribution in [2.45, 2.75) is 6.18 Å². The lowest BCUT2D eigenvalue weighted by molar-refractivity contribution is -0.137. The number of thioether (sulfide) groups is 1. The van der Waals surface area contributed by atoms with Crippen LogP contribution >= 0.6 is 11.8 Å². The standard InChI is InChI=1S/C11H9F3N2S/c1-7-6-16(10(15)17-7)9-4-2-8(3-5-9)11(12,13)14/h2-5,15H,1,6H2. The van der Waals surface area contributed by atoms with Crippen molar-refractivity contribution in [3.8, 4) is 0 Å². The van der Waals surface area contributed by atoms with E-state index < -0.39 is 11.7 Å². The van der Waals surface area contributed by atoms with Gasteiger partial charge in [0, 0.05) is 10.6 Å². The van der Waals surface area contributed by atoms with Gasteiger partial charge in [0.15, 0.2) is 5.17 Å². The van der Waals surface area contributed by atoms with E-state index in [0.29, 0.717) is 12.2 Å². The predicted octanol–water partition coefficient (Wildman–Crippen LogP) is 3.71. The van der Waals surface area contributed by atoms with Gasteiger partial charge in [-0.05, 0) is 24.3 Å². The van der Waals surface area contributed by atoms with E-state index in [4.69, 9.17) is 5.41 Å². The van der Waals surface area contributed by atoms with Crippen LogP contribution in [0.2, 0.25) is 0 Å². The Balaban J connectivity index is 2.24. The average Bonchev–Trinajstić information content (AvgIpc) is 2.57. The minimum atomic E-state index is -4.32. The van der Waals surface area contributed by atoms with E-state index in [1.54, 1.807) is 4.90 Å². The van der Waals surface area contributed by atoms with Crippen LogP contribution in [0.3, 0.4) is 0 Å². The van der Waals surface area contributed by atoms with Crippen LogP contribution < -0.4 is 4.90 Å². The number of alkyl halides is 3. The topological polar surface area (TPSA) is 27.1 Å². The Morgan fingerprint density at radius 2 is 1.82 bits per heavy atom. The number of anilines is 1. The summed E-state index contributed by atoms with van der Waals surface area (Å²) >= 11 is 1.23. The van der Waals surface area contributed by atoms with Gasteiger partial charge in [-0.2, -0.15) is 13.2 Å². The molecule has 0 aromatic heterocycles. The molecule has 1 aliphatic rings. The summed E-state index contributed by atoms with van der Waals surface area (Å²) in [4.78, 5) is 2.43. The molecule has 1 aromatic carbocycles. The number of rotatable bonds is 1. The molecule has 1 saturated heterocycles. The van der Waals surface area contributed by atoms with Crippen LogP contribution in [0.15, 0.2) is 35.7 Å². The first-order chi connectivity index (χ1) is 7.88. The van der Waals surface area contributed by atoms with Crippen LogP contribution in [-0.2, 0) is 6.18 Å². The highest BCUT2D eigenvalue weighted by Gasteiger charge is 2.30. The summed E-state index contributed by atoms with van der Waals surface area (Å²) in [5, 5.41) is 7.94. The third kappa shape index (κ3) is 2.46. The van der Waals surface area contributed by atoms with Crippen molar-refractivity contribution >= 4 is 22.6 Å². The number of amidine groups is 1. The lowest BCUT2D eigenvalue weighted by atomic mass is 10.2. The zero-order valence-electron chi connectivity index (χ0n) is 8.71. The Morgan fingerprint density at radius 3 is 2.24 bits per heavy atom. The number of hydrogen-bond acceptors (Lipinski definition) is 2. The van der Waals surface area contributed by atoms with Gasteiger partial charge in [-0.25, -0.2) is 0 Å². The van der Waals surface area contributed by atoms with E-state index in [1.807, 2.05) is 0 Å². The van der Waals surface area contributed by atoms with Gasteiger partial charge in [-0.1, -0.05) is 18.3 Å². The molecule has 0 aliphatic carbocycles. The summed E-state index contributed by atoms with van der Waals surface area (Å²) in [6.07, 6.45) is -4.32. The number of nitrogens with one attached hydrogen (secondary N) is 1. The quantitative estimate of drug-likeness (QED) is 0.831. The van der Waals surface area contributed by atoms with E-state index in [2.05, 4.69) is 6.58 Å². The first-order valence-corrected chi connectivity index (χ1v) is 5.58. The molecule has 0 radical (unpaired) electrons. The fourth-order valence-corrected chi connectivity index (χ4v) is 2.26. The largest absolute Gasteiger partial charge is 0.416 e. The Labute approximate surface area is 101 Å². The van der Waals surface area contributed by atoms with Crippen molar-refractivity contribution in [1.82, 2.24) is 0 Å². The highest BCUT2D eigenvalue weighted by Crippen LogP contribution is 2.34. The van der Waals surface area contributed by atoms with Crippen molar-refractivity contribution in [1.29, 1.82) is 5.41 Å². The minimum Gasteiger partial charge on any atom is -0.316 e. The Morgan fingerprint density at radius 1 is 1.24 bits per heavy atom. The third-order valence-electron chi connectivity index (χ3n) is 2.33. The molecule has 1 aromatic rings. The highest BCUT2D eigenvalue weighted by molar-refractivity contribution is 8.17. The highest BCUT2D eigenvalue weighted by atomic mass is 32.2. The van der Waals surface area contributed by atoms with Crippen LogP contribution in [0.4, 0.5) is 18.9 Å². The van der Waals surface area contributed by atoms with Crippen LogP contribution in [0.1, 0.15) is 5.56 Å². The second kappa shape index (κ2) is 4.10. The molecule has 0 bridgehead atoms. The van der Waals surface area contributed by atoms with Gasteiger partial charge < -0.3 is 4.90 Å². The Bertz CT molecular complexity index is 465. The fraction of sp³-hybridized carbons (Fsp3) is 0.182. The Kier molecular flexibility index (Phi) is 2.91. The number of nitrogens with zero attached hydrogens (tertiary/aromatic N) is 1.